The number of rotatable bonds is 12. The largest absolute Gasteiger partial charge is 0.369 e. The topological polar surface area (TPSA) is 211 Å². The van der Waals surface area contributed by atoms with Gasteiger partial charge in [-0.3, -0.25) is 19.6 Å². The van der Waals surface area contributed by atoms with Gasteiger partial charge in [0.05, 0.1) is 22.4 Å². The molecule has 4 N–H and O–H groups in total. The number of benzene rings is 2. The van der Waals surface area contributed by atoms with Crippen LogP contribution in [-0.2, 0) is 0 Å². The minimum absolute atomic E-state index is 0. The molecule has 0 aliphatic rings. The fourth-order valence-corrected chi connectivity index (χ4v) is 6.60. The molecule has 0 fully saturated rings. The molecule has 8 rings (SSSR count). The van der Waals surface area contributed by atoms with Crippen molar-refractivity contribution in [1.82, 2.24) is 60.5 Å². The monoisotopic (exact) mass is 858 g/mol. The predicted octanol–water partition coefficient (Wildman–Crippen LogP) is 6.75. The number of aryl methyl sites for hydroxylation is 2. The maximum atomic E-state index is 12.2. The Labute approximate surface area is 371 Å². The van der Waals surface area contributed by atoms with E-state index in [0.717, 1.165) is 67.3 Å². The second-order valence-electron chi connectivity index (χ2n) is 14.2. The third-order valence-corrected chi connectivity index (χ3v) is 9.98. The molecule has 16 nitrogen and oxygen atoms in total. The number of carbonyl (C=O) groups excluding carboxylic acids is 2. The summed E-state index contributed by atoms with van der Waals surface area (Å²) >= 11 is 0. The molecular formula is C46H46N14O2S. The van der Waals surface area contributed by atoms with Gasteiger partial charge in [-0.15, -0.1) is 0 Å². The van der Waals surface area contributed by atoms with Crippen molar-refractivity contribution in [2.24, 2.45) is 0 Å². The molecule has 2 amide bonds. The highest BCUT2D eigenvalue weighted by Crippen LogP contribution is 2.27. The summed E-state index contributed by atoms with van der Waals surface area (Å²) in [5, 5.41) is 13.3. The van der Waals surface area contributed by atoms with Crippen molar-refractivity contribution in [3.8, 4) is 22.5 Å². The van der Waals surface area contributed by atoms with E-state index in [2.05, 4.69) is 84.6 Å². The quantitative estimate of drug-likeness (QED) is 0.100. The second-order valence-corrected chi connectivity index (χ2v) is 14.2. The van der Waals surface area contributed by atoms with E-state index >= 15 is 0 Å². The van der Waals surface area contributed by atoms with Crippen LogP contribution >= 0.6 is 13.5 Å². The lowest BCUT2D eigenvalue weighted by Crippen LogP contribution is -2.20. The van der Waals surface area contributed by atoms with Crippen LogP contribution in [0.3, 0.4) is 0 Å². The van der Waals surface area contributed by atoms with Crippen LogP contribution in [0.25, 0.3) is 49.9 Å². The Morgan fingerprint density at radius 3 is 1.65 bits per heavy atom. The first-order valence-corrected chi connectivity index (χ1v) is 19.7. The summed E-state index contributed by atoms with van der Waals surface area (Å²) in [4.78, 5) is 67.4. The highest BCUT2D eigenvalue weighted by molar-refractivity contribution is 7.59. The highest BCUT2D eigenvalue weighted by atomic mass is 32.1. The van der Waals surface area contributed by atoms with Gasteiger partial charge in [0.15, 0.2) is 0 Å². The number of nitrogens with one attached hydrogen (secondary N) is 4. The van der Waals surface area contributed by atoms with Gasteiger partial charge in [-0.25, -0.2) is 39.9 Å². The number of anilines is 2. The summed E-state index contributed by atoms with van der Waals surface area (Å²) in [5.41, 5.74) is 10.2. The van der Waals surface area contributed by atoms with Crippen LogP contribution in [-0.4, -0.2) is 88.8 Å². The average molecular weight is 859 g/mol. The van der Waals surface area contributed by atoms with Crippen molar-refractivity contribution < 1.29 is 9.59 Å². The maximum absolute atomic E-state index is 12.2. The third kappa shape index (κ3) is 10.6. The molecule has 0 saturated heterocycles. The van der Waals surface area contributed by atoms with E-state index in [4.69, 9.17) is 0 Å². The second kappa shape index (κ2) is 20.7. The van der Waals surface area contributed by atoms with Crippen molar-refractivity contribution in [3.05, 3.63) is 151 Å². The molecule has 0 spiro atoms. The van der Waals surface area contributed by atoms with Crippen molar-refractivity contribution in [3.63, 3.8) is 0 Å². The minimum atomic E-state index is -0.257. The number of hydrogen-bond acceptors (Lipinski definition) is 14. The van der Waals surface area contributed by atoms with Crippen LogP contribution in [0.4, 0.5) is 11.6 Å². The third-order valence-electron chi connectivity index (χ3n) is 9.98. The van der Waals surface area contributed by atoms with E-state index in [1.165, 1.54) is 19.0 Å². The first kappa shape index (κ1) is 44.8. The number of para-hydroxylation sites is 2. The van der Waals surface area contributed by atoms with E-state index < -0.39 is 0 Å². The van der Waals surface area contributed by atoms with E-state index in [1.54, 1.807) is 26.6 Å². The van der Waals surface area contributed by atoms with Gasteiger partial charge >= 0.3 is 0 Å². The molecule has 0 aliphatic heterocycles. The van der Waals surface area contributed by atoms with Crippen LogP contribution in [0.5, 0.6) is 0 Å². The van der Waals surface area contributed by atoms with Crippen LogP contribution in [0, 0.1) is 13.8 Å². The van der Waals surface area contributed by atoms with Crippen LogP contribution < -0.4 is 21.3 Å². The summed E-state index contributed by atoms with van der Waals surface area (Å²) in [5.74, 6) is 1.04. The zero-order valence-corrected chi connectivity index (χ0v) is 36.4. The average Bonchev–Trinajstić information content (AvgIpc) is 3.32. The Kier molecular flexibility index (Phi) is 14.7. The van der Waals surface area contributed by atoms with Gasteiger partial charge in [-0.05, 0) is 49.2 Å². The molecular weight excluding hydrogens is 813 g/mol. The molecule has 6 heterocycles. The molecule has 63 heavy (non-hydrogen) atoms. The first-order chi connectivity index (χ1) is 30.1. The Morgan fingerprint density at radius 1 is 0.603 bits per heavy atom. The van der Waals surface area contributed by atoms with E-state index in [1.807, 2.05) is 92.8 Å². The lowest BCUT2D eigenvalue weighted by Gasteiger charge is -2.16. The summed E-state index contributed by atoms with van der Waals surface area (Å²) in [6, 6.07) is 23.1. The van der Waals surface area contributed by atoms with E-state index in [0.29, 0.717) is 41.2 Å². The molecule has 17 heteroatoms. The molecule has 318 valence electrons. The van der Waals surface area contributed by atoms with Crippen molar-refractivity contribution >= 4 is 64.3 Å². The molecule has 0 radical (unpaired) electrons. The smallest absolute Gasteiger partial charge is 0.270 e. The predicted molar refractivity (Wildman–Crippen MR) is 251 cm³/mol. The SMILES string of the molecule is C=C(CNc1cc(-c2ccc(C)nc2)ncn1)c1cccc2c(C(=O)NC)ncnc12.CNC(=O)c1ncnc2c([C@H](C)CNc3cc(-c4ccc(C)nc4)ncn3)cccc12.S. The van der Waals surface area contributed by atoms with Gasteiger partial charge < -0.3 is 21.3 Å². The molecule has 0 unspecified atom stereocenters. The lowest BCUT2D eigenvalue weighted by molar-refractivity contribution is 0.0952. The fourth-order valence-electron chi connectivity index (χ4n) is 6.60. The number of aromatic nitrogens is 10. The van der Waals surface area contributed by atoms with Crippen LogP contribution in [0.2, 0.25) is 0 Å². The lowest BCUT2D eigenvalue weighted by atomic mass is 9.97. The number of amides is 2. The summed E-state index contributed by atoms with van der Waals surface area (Å²) < 4.78 is 0. The molecule has 0 aliphatic carbocycles. The Morgan fingerprint density at radius 2 is 1.11 bits per heavy atom. The van der Waals surface area contributed by atoms with Crippen LogP contribution in [0.1, 0.15) is 56.3 Å². The highest BCUT2D eigenvalue weighted by Gasteiger charge is 2.17. The van der Waals surface area contributed by atoms with Crippen molar-refractivity contribution in [2.75, 3.05) is 37.8 Å². The maximum Gasteiger partial charge on any atom is 0.270 e. The Balaban J connectivity index is 0.000000206. The van der Waals surface area contributed by atoms with Gasteiger partial charge in [0.2, 0.25) is 0 Å². The Hall–Kier alpha value is -7.79. The van der Waals surface area contributed by atoms with Crippen LogP contribution in [0.15, 0.2) is 117 Å². The van der Waals surface area contributed by atoms with Gasteiger partial charge in [-0.1, -0.05) is 49.9 Å². The molecule has 1 atom stereocenters. The normalized spacial score (nSPS) is 11.1. The number of nitrogens with zero attached hydrogens (tertiary/aromatic N) is 10. The first-order valence-electron chi connectivity index (χ1n) is 19.7. The number of hydrogen-bond donors (Lipinski definition) is 4. The van der Waals surface area contributed by atoms with Gasteiger partial charge in [0, 0.05) is 96.5 Å². The fraction of sp³-hybridized carbons (Fsp3) is 0.174. The zero-order valence-electron chi connectivity index (χ0n) is 35.4. The minimum Gasteiger partial charge on any atom is -0.369 e. The number of carbonyl (C=O) groups is 2. The summed E-state index contributed by atoms with van der Waals surface area (Å²) in [6.07, 6.45) is 9.49. The molecule has 2 aromatic carbocycles. The Bertz CT molecular complexity index is 2890. The summed E-state index contributed by atoms with van der Waals surface area (Å²) in [6.45, 7) is 11.3. The van der Waals surface area contributed by atoms with Gasteiger partial charge in [-0.2, -0.15) is 13.5 Å². The van der Waals surface area contributed by atoms with Crippen molar-refractivity contribution in [2.45, 2.75) is 26.7 Å². The van der Waals surface area contributed by atoms with Crippen molar-refractivity contribution in [1.29, 1.82) is 0 Å². The molecule has 8 aromatic rings. The zero-order chi connectivity index (χ0) is 43.6. The standard InChI is InChI=1S/C23H23N7O.C23H21N7O.H2S/c2*1-14(17-5-4-6-18-21(17)29-13-30-22(18)23(31)24-3)10-26-20-9-19(27-12-28-20)16-8-7-15(2)25-11-16;/h4-9,11-14H,10H2,1-3H3,(H,24,31)(H,26,27,28);4-9,11-13H,1,10H2,2-3H3,(H,24,31)(H,26,27,28);1H2/t14-;;/m1../s1. The van der Waals surface area contributed by atoms with E-state index in [-0.39, 0.29) is 31.2 Å². The van der Waals surface area contributed by atoms with Gasteiger partial charge in [0.25, 0.3) is 11.8 Å². The van der Waals surface area contributed by atoms with E-state index in [9.17, 15) is 9.59 Å². The summed E-state index contributed by atoms with van der Waals surface area (Å²) in [7, 11) is 3.17. The molecule has 0 bridgehead atoms. The number of pyridine rings is 2. The number of fused-ring (bicyclic) bond motifs is 2. The van der Waals surface area contributed by atoms with Gasteiger partial charge in [0.1, 0.15) is 48.3 Å². The molecule has 6 aromatic heterocycles. The molecule has 0 saturated carbocycles.